The number of rotatable bonds is 8. The summed E-state index contributed by atoms with van der Waals surface area (Å²) in [4.78, 5) is 31.6. The minimum absolute atomic E-state index is 0.201. The molecule has 7 heteroatoms. The molecule has 1 N–H and O–H groups in total. The van der Waals surface area contributed by atoms with Crippen LogP contribution in [0.1, 0.15) is 16.7 Å². The summed E-state index contributed by atoms with van der Waals surface area (Å²) in [6.07, 6.45) is 4.74. The number of hydrogen-bond acceptors (Lipinski definition) is 5. The quantitative estimate of drug-likeness (QED) is 0.438. The molecule has 0 radical (unpaired) electrons. The first kappa shape index (κ1) is 22.1. The zero-order valence-corrected chi connectivity index (χ0v) is 18.3. The van der Waals surface area contributed by atoms with E-state index in [4.69, 9.17) is 9.15 Å². The lowest BCUT2D eigenvalue weighted by Gasteiger charge is -2.28. The number of hydrogen-bond donors (Lipinski definition) is 1. The Balaban J connectivity index is 1.62. The summed E-state index contributed by atoms with van der Waals surface area (Å²) < 4.78 is 10.2. The van der Waals surface area contributed by atoms with Crippen molar-refractivity contribution in [2.45, 2.75) is 25.6 Å². The third-order valence-corrected chi connectivity index (χ3v) is 5.38. The number of nitrogens with one attached hydrogen (secondary N) is 1. The molecule has 0 aliphatic rings. The van der Waals surface area contributed by atoms with Gasteiger partial charge in [-0.2, -0.15) is 0 Å². The number of carbonyl (C=O) groups is 2. The molecule has 0 unspecified atom stereocenters. The Morgan fingerprint density at radius 2 is 1.73 bits per heavy atom. The van der Waals surface area contributed by atoms with E-state index >= 15 is 0 Å². The Morgan fingerprint density at radius 3 is 2.48 bits per heavy atom. The molecular formula is C26H25N3O4. The summed E-state index contributed by atoms with van der Waals surface area (Å²) in [5.41, 5.74) is 3.64. The number of nitrogens with zero attached hydrogens (tertiary/aromatic N) is 2. The van der Waals surface area contributed by atoms with Gasteiger partial charge in [0.2, 0.25) is 5.91 Å². The third kappa shape index (κ3) is 5.77. The lowest BCUT2D eigenvalue weighted by atomic mass is 10.0. The number of aromatic nitrogens is 1. The first-order chi connectivity index (χ1) is 16.1. The maximum Gasteiger partial charge on any atom is 0.407 e. The summed E-state index contributed by atoms with van der Waals surface area (Å²) in [5.74, 6) is -0.201. The number of furan rings is 1. The molecule has 7 nitrogen and oxygen atoms in total. The molecule has 0 aliphatic heterocycles. The van der Waals surface area contributed by atoms with Gasteiger partial charge < -0.3 is 19.4 Å². The summed E-state index contributed by atoms with van der Waals surface area (Å²) in [6.45, 7) is 0.745. The standard InChI is InChI=1S/C26H25N3O4/c1-32-26(31)28-23(16-19-5-3-2-4-6-19)25(30)29(17-20-9-12-27-13-10-20)18-21-7-8-24-22(15-21)11-14-33-24/h2-15,23H,16-18H2,1H3,(H,28,31)/t23-/m1/s1. The number of pyridine rings is 1. The highest BCUT2D eigenvalue weighted by atomic mass is 16.5. The van der Waals surface area contributed by atoms with Crippen molar-refractivity contribution in [2.75, 3.05) is 7.11 Å². The van der Waals surface area contributed by atoms with Gasteiger partial charge in [0.05, 0.1) is 13.4 Å². The maximum absolute atomic E-state index is 13.7. The van der Waals surface area contributed by atoms with E-state index in [0.29, 0.717) is 19.5 Å². The van der Waals surface area contributed by atoms with Gasteiger partial charge in [0, 0.05) is 37.3 Å². The molecule has 2 aromatic heterocycles. The third-order valence-electron chi connectivity index (χ3n) is 5.38. The lowest BCUT2D eigenvalue weighted by Crippen LogP contribution is -2.49. The second-order valence-corrected chi connectivity index (χ2v) is 7.72. The number of fused-ring (bicyclic) bond motifs is 1. The Morgan fingerprint density at radius 1 is 0.970 bits per heavy atom. The van der Waals surface area contributed by atoms with Gasteiger partial charge in [-0.05, 0) is 47.0 Å². The van der Waals surface area contributed by atoms with Crippen molar-refractivity contribution in [3.8, 4) is 0 Å². The fourth-order valence-corrected chi connectivity index (χ4v) is 3.73. The van der Waals surface area contributed by atoms with E-state index in [1.807, 2.05) is 66.7 Å². The van der Waals surface area contributed by atoms with Crippen LogP contribution in [-0.2, 0) is 29.0 Å². The minimum atomic E-state index is -0.778. The van der Waals surface area contributed by atoms with Crippen LogP contribution in [0.2, 0.25) is 0 Å². The van der Waals surface area contributed by atoms with Crippen LogP contribution in [0.15, 0.2) is 89.8 Å². The van der Waals surface area contributed by atoms with Crippen molar-refractivity contribution in [3.63, 3.8) is 0 Å². The summed E-state index contributed by atoms with van der Waals surface area (Å²) in [5, 5.41) is 3.68. The summed E-state index contributed by atoms with van der Waals surface area (Å²) in [6, 6.07) is 20.3. The van der Waals surface area contributed by atoms with Crippen molar-refractivity contribution in [2.24, 2.45) is 0 Å². The van der Waals surface area contributed by atoms with E-state index in [-0.39, 0.29) is 5.91 Å². The highest BCUT2D eigenvalue weighted by molar-refractivity contribution is 5.86. The molecule has 168 valence electrons. The molecule has 2 heterocycles. The maximum atomic E-state index is 13.7. The molecule has 0 spiro atoms. The molecule has 0 bridgehead atoms. The fourth-order valence-electron chi connectivity index (χ4n) is 3.73. The van der Waals surface area contributed by atoms with Crippen LogP contribution in [0.5, 0.6) is 0 Å². The van der Waals surface area contributed by atoms with Crippen molar-refractivity contribution in [1.29, 1.82) is 0 Å². The lowest BCUT2D eigenvalue weighted by molar-refractivity contribution is -0.134. The molecule has 33 heavy (non-hydrogen) atoms. The second kappa shape index (κ2) is 10.5. The van der Waals surface area contributed by atoms with Crippen LogP contribution in [0.3, 0.4) is 0 Å². The molecule has 0 fully saturated rings. The topological polar surface area (TPSA) is 84.7 Å². The van der Waals surface area contributed by atoms with Gasteiger partial charge in [-0.1, -0.05) is 36.4 Å². The Labute approximate surface area is 192 Å². The van der Waals surface area contributed by atoms with Crippen LogP contribution in [-0.4, -0.2) is 35.0 Å². The van der Waals surface area contributed by atoms with Crippen LogP contribution < -0.4 is 5.32 Å². The van der Waals surface area contributed by atoms with Gasteiger partial charge >= 0.3 is 6.09 Å². The van der Waals surface area contributed by atoms with Crippen LogP contribution in [0.25, 0.3) is 11.0 Å². The average molecular weight is 444 g/mol. The molecule has 1 atom stereocenters. The van der Waals surface area contributed by atoms with E-state index in [2.05, 4.69) is 10.3 Å². The average Bonchev–Trinajstić information content (AvgIpc) is 3.32. The van der Waals surface area contributed by atoms with E-state index < -0.39 is 12.1 Å². The normalized spacial score (nSPS) is 11.7. The Bertz CT molecular complexity index is 1210. The molecule has 4 aromatic rings. The first-order valence-corrected chi connectivity index (χ1v) is 10.6. The number of ether oxygens (including phenoxy) is 1. The number of benzene rings is 2. The van der Waals surface area contributed by atoms with Crippen LogP contribution in [0, 0.1) is 0 Å². The molecular weight excluding hydrogens is 418 g/mol. The zero-order valence-electron chi connectivity index (χ0n) is 18.3. The van der Waals surface area contributed by atoms with E-state index in [0.717, 1.165) is 27.7 Å². The first-order valence-electron chi connectivity index (χ1n) is 10.6. The smallest absolute Gasteiger partial charge is 0.407 e. The van der Waals surface area contributed by atoms with Gasteiger partial charge in [0.25, 0.3) is 0 Å². The van der Waals surface area contributed by atoms with Gasteiger partial charge in [-0.3, -0.25) is 9.78 Å². The van der Waals surface area contributed by atoms with Crippen molar-refractivity contribution < 1.29 is 18.7 Å². The predicted octanol–water partition coefficient (Wildman–Crippen LogP) is 4.32. The van der Waals surface area contributed by atoms with E-state index in [9.17, 15) is 9.59 Å². The summed E-state index contributed by atoms with van der Waals surface area (Å²) >= 11 is 0. The Kier molecular flexibility index (Phi) is 6.99. The largest absolute Gasteiger partial charge is 0.464 e. The van der Waals surface area contributed by atoms with Crippen molar-refractivity contribution in [1.82, 2.24) is 15.2 Å². The van der Waals surface area contributed by atoms with Crippen molar-refractivity contribution in [3.05, 3.63) is 102 Å². The van der Waals surface area contributed by atoms with Gasteiger partial charge in [-0.15, -0.1) is 0 Å². The zero-order chi connectivity index (χ0) is 23.0. The molecule has 0 saturated carbocycles. The number of amides is 2. The number of carbonyl (C=O) groups excluding carboxylic acids is 2. The predicted molar refractivity (Wildman–Crippen MR) is 124 cm³/mol. The minimum Gasteiger partial charge on any atom is -0.464 e. The molecule has 4 rings (SSSR count). The fraction of sp³-hybridized carbons (Fsp3) is 0.192. The van der Waals surface area contributed by atoms with Crippen LogP contribution in [0.4, 0.5) is 4.79 Å². The molecule has 2 aromatic carbocycles. The molecule has 2 amide bonds. The van der Waals surface area contributed by atoms with Gasteiger partial charge in [0.1, 0.15) is 11.6 Å². The van der Waals surface area contributed by atoms with Crippen molar-refractivity contribution >= 4 is 23.0 Å². The SMILES string of the molecule is COC(=O)N[C@H](Cc1ccccc1)C(=O)N(Cc1ccncc1)Cc1ccc2occc2c1. The van der Waals surface area contributed by atoms with Gasteiger partial charge in [-0.25, -0.2) is 4.79 Å². The van der Waals surface area contributed by atoms with Gasteiger partial charge in [0.15, 0.2) is 0 Å². The Hall–Kier alpha value is -4.13. The van der Waals surface area contributed by atoms with E-state index in [1.165, 1.54) is 7.11 Å². The monoisotopic (exact) mass is 443 g/mol. The second-order valence-electron chi connectivity index (χ2n) is 7.72. The highest BCUT2D eigenvalue weighted by Crippen LogP contribution is 2.20. The molecule has 0 aliphatic carbocycles. The molecule has 0 saturated heterocycles. The highest BCUT2D eigenvalue weighted by Gasteiger charge is 2.27. The van der Waals surface area contributed by atoms with E-state index in [1.54, 1.807) is 23.6 Å². The number of alkyl carbamates (subject to hydrolysis) is 1. The number of methoxy groups -OCH3 is 1. The van der Waals surface area contributed by atoms with Crippen LogP contribution >= 0.6 is 0 Å². The summed E-state index contributed by atoms with van der Waals surface area (Å²) in [7, 11) is 1.29.